The van der Waals surface area contributed by atoms with Crippen LogP contribution < -0.4 is 0 Å². The van der Waals surface area contributed by atoms with Gasteiger partial charge in [-0.2, -0.15) is 8.42 Å². The Hall–Kier alpha value is -1.47. The zero-order valence-corrected chi connectivity index (χ0v) is 10.4. The maximum atomic E-state index is 10.9. The Morgan fingerprint density at radius 1 is 1.06 bits per heavy atom. The second kappa shape index (κ2) is 3.78. The minimum Gasteiger partial charge on any atom is -0.506 e. The summed E-state index contributed by atoms with van der Waals surface area (Å²) in [4.78, 5) is -1.09. The lowest BCUT2D eigenvalue weighted by Gasteiger charge is -2.22. The molecule has 0 unspecified atom stereocenters. The number of phenols is 3. The fraction of sp³-hybridized carbons (Fsp3) is 0.400. The number of hydrogen-bond acceptors (Lipinski definition) is 5. The van der Waals surface area contributed by atoms with Gasteiger partial charge >= 0.3 is 10.1 Å². The lowest BCUT2D eigenvalue weighted by atomic mass is 9.86. The number of phenolic OH excluding ortho intramolecular Hbond substituents is 3. The zero-order chi connectivity index (χ0) is 13.6. The predicted molar refractivity (Wildman–Crippen MR) is 60.0 cm³/mol. The molecule has 0 saturated heterocycles. The highest BCUT2D eigenvalue weighted by Gasteiger charge is 2.29. The second-order valence-corrected chi connectivity index (χ2v) is 6.05. The predicted octanol–water partition coefficient (Wildman–Crippen LogP) is 1.35. The van der Waals surface area contributed by atoms with Crippen LogP contribution in [0.1, 0.15) is 26.3 Å². The molecule has 1 aromatic carbocycles. The smallest absolute Gasteiger partial charge is 0.302 e. The van der Waals surface area contributed by atoms with Crippen LogP contribution in [-0.2, 0) is 15.5 Å². The maximum absolute atomic E-state index is 10.9. The fourth-order valence-corrected chi connectivity index (χ4v) is 2.12. The van der Waals surface area contributed by atoms with E-state index < -0.39 is 37.7 Å². The second-order valence-electron chi connectivity index (χ2n) is 4.69. The van der Waals surface area contributed by atoms with Crippen LogP contribution in [0.4, 0.5) is 0 Å². The maximum Gasteiger partial charge on any atom is 0.302 e. The van der Waals surface area contributed by atoms with Gasteiger partial charge in [0.05, 0.1) is 0 Å². The standard InChI is InChI=1S/C10H14O6S/c1-10(2,3)5-4-6(11)9(17(14,15)16)8(13)7(5)12/h4,11-13H,1-3H3,(H,14,15,16). The normalized spacial score (nSPS) is 12.7. The van der Waals surface area contributed by atoms with Crippen molar-refractivity contribution in [3.63, 3.8) is 0 Å². The Bertz CT molecular complexity index is 553. The van der Waals surface area contributed by atoms with Gasteiger partial charge < -0.3 is 15.3 Å². The van der Waals surface area contributed by atoms with Crippen molar-refractivity contribution in [2.24, 2.45) is 0 Å². The Labute approximate surface area is 98.9 Å². The highest BCUT2D eigenvalue weighted by molar-refractivity contribution is 7.86. The van der Waals surface area contributed by atoms with E-state index in [0.717, 1.165) is 6.07 Å². The molecule has 7 heteroatoms. The first-order valence-electron chi connectivity index (χ1n) is 4.72. The third-order valence-corrected chi connectivity index (χ3v) is 3.19. The van der Waals surface area contributed by atoms with Crippen molar-refractivity contribution >= 4 is 10.1 Å². The van der Waals surface area contributed by atoms with Gasteiger partial charge in [-0.15, -0.1) is 0 Å². The SMILES string of the molecule is CC(C)(C)c1cc(O)c(S(=O)(=O)O)c(O)c1O. The summed E-state index contributed by atoms with van der Waals surface area (Å²) in [5, 5.41) is 28.7. The lowest BCUT2D eigenvalue weighted by molar-refractivity contribution is 0.361. The molecule has 1 rings (SSSR count). The molecule has 0 aromatic heterocycles. The molecule has 6 nitrogen and oxygen atoms in total. The van der Waals surface area contributed by atoms with Crippen molar-refractivity contribution in [2.75, 3.05) is 0 Å². The van der Waals surface area contributed by atoms with Crippen LogP contribution in [0, 0.1) is 0 Å². The van der Waals surface area contributed by atoms with Crippen molar-refractivity contribution in [1.29, 1.82) is 0 Å². The quantitative estimate of drug-likeness (QED) is 0.345. The van der Waals surface area contributed by atoms with Gasteiger partial charge in [0.1, 0.15) is 5.75 Å². The molecule has 0 aliphatic rings. The number of hydrogen-bond donors (Lipinski definition) is 4. The zero-order valence-electron chi connectivity index (χ0n) is 9.59. The topological polar surface area (TPSA) is 115 Å². The molecule has 4 N–H and O–H groups in total. The van der Waals surface area contributed by atoms with Crippen LogP contribution >= 0.6 is 0 Å². The summed E-state index contributed by atoms with van der Waals surface area (Å²) in [7, 11) is -4.81. The molecule has 0 radical (unpaired) electrons. The monoisotopic (exact) mass is 262 g/mol. The number of rotatable bonds is 1. The lowest BCUT2D eigenvalue weighted by Crippen LogP contribution is -2.12. The first-order chi connectivity index (χ1) is 7.46. The fourth-order valence-electron chi connectivity index (χ4n) is 1.45. The van der Waals surface area contributed by atoms with Crippen molar-refractivity contribution in [3.8, 4) is 17.2 Å². The molecular formula is C10H14O6S. The van der Waals surface area contributed by atoms with Crippen LogP contribution in [0.25, 0.3) is 0 Å². The van der Waals surface area contributed by atoms with E-state index in [1.54, 1.807) is 20.8 Å². The van der Waals surface area contributed by atoms with Gasteiger partial charge in [0.15, 0.2) is 16.4 Å². The van der Waals surface area contributed by atoms with E-state index >= 15 is 0 Å². The molecular weight excluding hydrogens is 248 g/mol. The first-order valence-corrected chi connectivity index (χ1v) is 6.16. The third kappa shape index (κ3) is 2.45. The Morgan fingerprint density at radius 2 is 1.53 bits per heavy atom. The number of benzene rings is 1. The van der Waals surface area contributed by atoms with Crippen molar-refractivity contribution in [2.45, 2.75) is 31.1 Å². The van der Waals surface area contributed by atoms with Crippen LogP contribution in [0.3, 0.4) is 0 Å². The van der Waals surface area contributed by atoms with Crippen LogP contribution in [-0.4, -0.2) is 28.3 Å². The molecule has 0 heterocycles. The van der Waals surface area contributed by atoms with E-state index in [-0.39, 0.29) is 5.56 Å². The molecule has 0 atom stereocenters. The van der Waals surface area contributed by atoms with E-state index in [1.165, 1.54) is 0 Å². The molecule has 0 fully saturated rings. The Kier molecular flexibility index (Phi) is 3.02. The summed E-state index contributed by atoms with van der Waals surface area (Å²) in [6.07, 6.45) is 0. The molecule has 17 heavy (non-hydrogen) atoms. The summed E-state index contributed by atoms with van der Waals surface area (Å²) in [5.74, 6) is -2.55. The van der Waals surface area contributed by atoms with Gasteiger partial charge in [-0.1, -0.05) is 20.8 Å². The first kappa shape index (κ1) is 13.6. The molecule has 1 aromatic rings. The Morgan fingerprint density at radius 3 is 1.88 bits per heavy atom. The van der Waals surface area contributed by atoms with Gasteiger partial charge in [-0.05, 0) is 11.5 Å². The van der Waals surface area contributed by atoms with E-state index in [0.29, 0.717) is 0 Å². The third-order valence-electron chi connectivity index (χ3n) is 2.27. The highest BCUT2D eigenvalue weighted by atomic mass is 32.2. The summed E-state index contributed by atoms with van der Waals surface area (Å²) in [6, 6.07) is 0.998. The van der Waals surface area contributed by atoms with Crippen LogP contribution in [0.5, 0.6) is 17.2 Å². The van der Waals surface area contributed by atoms with E-state index in [2.05, 4.69) is 0 Å². The molecule has 0 aliphatic carbocycles. The average Bonchev–Trinajstić information content (AvgIpc) is 2.07. The van der Waals surface area contributed by atoms with Gasteiger partial charge in [0.25, 0.3) is 0 Å². The van der Waals surface area contributed by atoms with Crippen LogP contribution in [0.15, 0.2) is 11.0 Å². The number of aromatic hydroxyl groups is 3. The van der Waals surface area contributed by atoms with Gasteiger partial charge in [0.2, 0.25) is 0 Å². The van der Waals surface area contributed by atoms with Gasteiger partial charge in [-0.3, -0.25) is 4.55 Å². The average molecular weight is 262 g/mol. The minimum atomic E-state index is -4.81. The molecule has 0 saturated carbocycles. The van der Waals surface area contributed by atoms with E-state index in [4.69, 9.17) is 4.55 Å². The summed E-state index contributed by atoms with van der Waals surface area (Å²) in [5.41, 5.74) is -0.448. The van der Waals surface area contributed by atoms with Crippen LogP contribution in [0.2, 0.25) is 0 Å². The van der Waals surface area contributed by atoms with Gasteiger partial charge in [0, 0.05) is 5.56 Å². The summed E-state index contributed by atoms with van der Waals surface area (Å²) < 4.78 is 30.6. The molecule has 0 bridgehead atoms. The van der Waals surface area contributed by atoms with Crippen molar-refractivity contribution < 1.29 is 28.3 Å². The summed E-state index contributed by atoms with van der Waals surface area (Å²) in [6.45, 7) is 5.11. The Balaban J connectivity index is 3.72. The largest absolute Gasteiger partial charge is 0.506 e. The molecule has 0 amide bonds. The van der Waals surface area contributed by atoms with E-state index in [9.17, 15) is 23.7 Å². The van der Waals surface area contributed by atoms with Crippen molar-refractivity contribution in [3.05, 3.63) is 11.6 Å². The molecule has 96 valence electrons. The summed E-state index contributed by atoms with van der Waals surface area (Å²) >= 11 is 0. The molecule has 0 spiro atoms. The van der Waals surface area contributed by atoms with Crippen molar-refractivity contribution in [1.82, 2.24) is 0 Å². The van der Waals surface area contributed by atoms with E-state index in [1.807, 2.05) is 0 Å². The minimum absolute atomic E-state index is 0.167. The molecule has 0 aliphatic heterocycles. The van der Waals surface area contributed by atoms with Gasteiger partial charge in [-0.25, -0.2) is 0 Å². The highest BCUT2D eigenvalue weighted by Crippen LogP contribution is 2.45.